The minimum absolute atomic E-state index is 0.00297. The number of nitrogens with zero attached hydrogens (tertiary/aromatic N) is 2. The second-order valence-corrected chi connectivity index (χ2v) is 18.8. The highest BCUT2D eigenvalue weighted by atomic mass is 35.5. The Morgan fingerprint density at radius 2 is 1.55 bits per heavy atom. The summed E-state index contributed by atoms with van der Waals surface area (Å²) in [6.45, 7) is 12.4. The highest BCUT2D eigenvalue weighted by Gasteiger charge is 2.50. The number of carbonyl (C=O) groups excluding carboxylic acids is 2. The van der Waals surface area contributed by atoms with E-state index in [-0.39, 0.29) is 68.3 Å². The summed E-state index contributed by atoms with van der Waals surface area (Å²) in [5.41, 5.74) is 3.17. The molecule has 11 heteroatoms. The van der Waals surface area contributed by atoms with Gasteiger partial charge in [-0.05, 0) is 64.0 Å². The van der Waals surface area contributed by atoms with E-state index in [0.717, 1.165) is 10.5 Å². The lowest BCUT2D eigenvalue weighted by Crippen LogP contribution is -2.51. The van der Waals surface area contributed by atoms with Gasteiger partial charge in [-0.3, -0.25) is 19.5 Å². The van der Waals surface area contributed by atoms with E-state index in [4.69, 9.17) is 25.7 Å². The first-order valence-electron chi connectivity index (χ1n) is 15.7. The first kappa shape index (κ1) is 34.3. The zero-order chi connectivity index (χ0) is 34.4. The van der Waals surface area contributed by atoms with Crippen molar-refractivity contribution in [1.82, 2.24) is 9.88 Å². The van der Waals surface area contributed by atoms with Crippen LogP contribution in [-0.2, 0) is 19.6 Å². The van der Waals surface area contributed by atoms with Crippen molar-refractivity contribution in [2.45, 2.75) is 77.7 Å². The summed E-state index contributed by atoms with van der Waals surface area (Å²) in [5, 5.41) is 21.6. The molecule has 47 heavy (non-hydrogen) atoms. The van der Waals surface area contributed by atoms with E-state index in [1.807, 2.05) is 0 Å². The number of carbonyl (C=O) groups is 2. The van der Waals surface area contributed by atoms with Crippen LogP contribution in [0.2, 0.25) is 21.6 Å². The second kappa shape index (κ2) is 13.3. The summed E-state index contributed by atoms with van der Waals surface area (Å²) in [5.74, 6) is -1.53. The van der Waals surface area contributed by atoms with Crippen molar-refractivity contribution in [3.8, 4) is 17.2 Å². The molecule has 3 aromatic carbocycles. The fourth-order valence-electron chi connectivity index (χ4n) is 7.07. The Hall–Kier alpha value is -3.99. The number of ether oxygens (including phenoxy) is 1. The molecule has 1 aliphatic heterocycles. The number of aromatic nitrogens is 1. The van der Waals surface area contributed by atoms with E-state index in [1.54, 1.807) is 36.5 Å². The Balaban J connectivity index is 1.71. The van der Waals surface area contributed by atoms with Crippen LogP contribution in [0.15, 0.2) is 48.7 Å². The van der Waals surface area contributed by atoms with Crippen LogP contribution >= 0.6 is 11.6 Å². The van der Waals surface area contributed by atoms with Gasteiger partial charge in [-0.15, -0.1) is 0 Å². The smallest absolute Gasteiger partial charge is 0.265 e. The number of halogens is 2. The van der Waals surface area contributed by atoms with Gasteiger partial charge < -0.3 is 19.4 Å². The van der Waals surface area contributed by atoms with Crippen LogP contribution in [0.4, 0.5) is 4.39 Å². The van der Waals surface area contributed by atoms with Gasteiger partial charge in [0.2, 0.25) is 0 Å². The summed E-state index contributed by atoms with van der Waals surface area (Å²) < 4.78 is 26.5. The van der Waals surface area contributed by atoms with Crippen LogP contribution in [0.1, 0.15) is 84.5 Å². The summed E-state index contributed by atoms with van der Waals surface area (Å²) in [6.07, 6.45) is 1.97. The van der Waals surface area contributed by atoms with Crippen LogP contribution in [0.3, 0.4) is 0 Å². The highest BCUT2D eigenvalue weighted by molar-refractivity contribution is 6.78. The van der Waals surface area contributed by atoms with Crippen molar-refractivity contribution >= 4 is 42.6 Å². The highest BCUT2D eigenvalue weighted by Crippen LogP contribution is 2.49. The number of phenolic OH excluding ortho intramolecular Hbond substituents is 1. The van der Waals surface area contributed by atoms with Gasteiger partial charge >= 0.3 is 0 Å². The molecular formula is C36H40ClFN2O6Si. The molecule has 2 N–H and O–H groups in total. The standard InChI is InChI=1S/C36H40ClFN2O6Si/c1-19(2)47(20(3)4,21(5)6)46-34-31-30(35(43)40(36(31)44)17-25-10-8-23(18-41)15-29(25)45-7)33(42)26-13-24(16-39-32(26)34)12-22-9-11-28(38)27(37)14-22/h8-11,13-16,19-21,41-42H,12,17-18H2,1-7H3. The molecule has 2 amide bonds. The quantitative estimate of drug-likeness (QED) is 0.122. The van der Waals surface area contributed by atoms with Crippen LogP contribution in [0, 0.1) is 5.82 Å². The average molecular weight is 679 g/mol. The minimum atomic E-state index is -2.70. The van der Waals surface area contributed by atoms with Crippen molar-refractivity contribution < 1.29 is 33.4 Å². The Labute approximate surface area is 280 Å². The first-order chi connectivity index (χ1) is 22.2. The molecule has 2 heterocycles. The molecule has 1 aromatic heterocycles. The number of benzene rings is 3. The molecule has 0 saturated carbocycles. The van der Waals surface area contributed by atoms with Crippen molar-refractivity contribution in [3.05, 3.63) is 92.9 Å². The summed E-state index contributed by atoms with van der Waals surface area (Å²) >= 11 is 6.02. The van der Waals surface area contributed by atoms with Crippen molar-refractivity contribution in [2.75, 3.05) is 7.11 Å². The van der Waals surface area contributed by atoms with Crippen molar-refractivity contribution in [3.63, 3.8) is 0 Å². The molecule has 4 aromatic rings. The number of pyridine rings is 1. The molecule has 0 unspecified atom stereocenters. The van der Waals surface area contributed by atoms with E-state index in [1.165, 1.54) is 19.2 Å². The van der Waals surface area contributed by atoms with Gasteiger partial charge in [-0.1, -0.05) is 71.3 Å². The Bertz CT molecular complexity index is 1860. The number of hydrogen-bond acceptors (Lipinski definition) is 7. The van der Waals surface area contributed by atoms with Gasteiger partial charge in [0.25, 0.3) is 20.1 Å². The zero-order valence-corrected chi connectivity index (χ0v) is 29.4. The molecule has 0 aliphatic carbocycles. The molecule has 0 spiro atoms. The molecule has 0 atom stereocenters. The first-order valence-corrected chi connectivity index (χ1v) is 18.2. The van der Waals surface area contributed by atoms with Crippen LogP contribution in [-0.4, -0.2) is 47.3 Å². The van der Waals surface area contributed by atoms with Crippen molar-refractivity contribution in [2.24, 2.45) is 0 Å². The Morgan fingerprint density at radius 3 is 2.15 bits per heavy atom. The monoisotopic (exact) mass is 678 g/mol. The van der Waals surface area contributed by atoms with Gasteiger partial charge in [0.15, 0.2) is 0 Å². The lowest BCUT2D eigenvalue weighted by molar-refractivity contribution is 0.0640. The molecule has 0 fully saturated rings. The number of fused-ring (bicyclic) bond motifs is 2. The average Bonchev–Trinajstić information content (AvgIpc) is 3.27. The summed E-state index contributed by atoms with van der Waals surface area (Å²) in [4.78, 5) is 34.2. The molecule has 1 aliphatic rings. The normalized spacial score (nSPS) is 13.4. The maximum atomic E-state index is 14.3. The number of amides is 2. The van der Waals surface area contributed by atoms with Crippen LogP contribution in [0.5, 0.6) is 17.2 Å². The third-order valence-electron chi connectivity index (χ3n) is 9.29. The molecule has 0 bridgehead atoms. The topological polar surface area (TPSA) is 109 Å². The van der Waals surface area contributed by atoms with Gasteiger partial charge in [0.1, 0.15) is 28.6 Å². The third kappa shape index (κ3) is 5.98. The molecule has 8 nitrogen and oxygen atoms in total. The fraction of sp³-hybridized carbons (Fsp3) is 0.361. The largest absolute Gasteiger partial charge is 0.541 e. The maximum Gasteiger partial charge on any atom is 0.265 e. The molecule has 248 valence electrons. The minimum Gasteiger partial charge on any atom is -0.541 e. The van der Waals surface area contributed by atoms with Crippen LogP contribution < -0.4 is 9.16 Å². The van der Waals surface area contributed by atoms with E-state index in [9.17, 15) is 24.2 Å². The fourth-order valence-corrected chi connectivity index (χ4v) is 12.5. The van der Waals surface area contributed by atoms with E-state index < -0.39 is 25.9 Å². The van der Waals surface area contributed by atoms with Gasteiger partial charge in [-0.25, -0.2) is 4.39 Å². The van der Waals surface area contributed by atoms with Crippen molar-refractivity contribution in [1.29, 1.82) is 0 Å². The number of aliphatic hydroxyl groups excluding tert-OH is 1. The number of phenols is 1. The Kier molecular flexibility index (Phi) is 9.68. The predicted octanol–water partition coefficient (Wildman–Crippen LogP) is 8.18. The number of aliphatic hydroxyl groups is 1. The number of imide groups is 1. The van der Waals surface area contributed by atoms with E-state index in [0.29, 0.717) is 28.9 Å². The Morgan fingerprint density at radius 1 is 0.915 bits per heavy atom. The number of aromatic hydroxyl groups is 1. The lowest BCUT2D eigenvalue weighted by Gasteiger charge is -2.42. The molecule has 0 radical (unpaired) electrons. The second-order valence-electron chi connectivity index (χ2n) is 13.0. The van der Waals surface area contributed by atoms with E-state index >= 15 is 0 Å². The number of rotatable bonds is 11. The van der Waals surface area contributed by atoms with Gasteiger partial charge in [0.05, 0.1) is 36.4 Å². The van der Waals surface area contributed by atoms with Crippen LogP contribution in [0.25, 0.3) is 10.9 Å². The van der Waals surface area contributed by atoms with Gasteiger partial charge in [0, 0.05) is 17.1 Å². The third-order valence-corrected chi connectivity index (χ3v) is 15.5. The summed E-state index contributed by atoms with van der Waals surface area (Å²) in [7, 11) is -1.23. The zero-order valence-electron chi connectivity index (χ0n) is 27.6. The molecule has 0 saturated heterocycles. The summed E-state index contributed by atoms with van der Waals surface area (Å²) in [6, 6.07) is 11.2. The number of methoxy groups -OCH3 is 1. The molecule has 5 rings (SSSR count). The predicted molar refractivity (Wildman–Crippen MR) is 182 cm³/mol. The maximum absolute atomic E-state index is 14.3. The number of hydrogen-bond donors (Lipinski definition) is 2. The van der Waals surface area contributed by atoms with Gasteiger partial charge in [-0.2, -0.15) is 0 Å². The van der Waals surface area contributed by atoms with E-state index in [2.05, 4.69) is 41.5 Å². The lowest BCUT2D eigenvalue weighted by atomic mass is 9.99. The SMILES string of the molecule is COc1cc(CO)ccc1CN1C(=O)c2c(c(O[Si](C(C)C)(C(C)C)C(C)C)c3ncc(Cc4ccc(F)c(Cl)c4)cc3c2O)C1=O. The molecular weight excluding hydrogens is 639 g/mol.